The Hall–Kier alpha value is -1.55. The minimum absolute atomic E-state index is 0.0838. The Kier molecular flexibility index (Phi) is 3.68. The number of halogens is 1. The van der Waals surface area contributed by atoms with Crippen molar-refractivity contribution in [2.45, 2.75) is 0 Å². The molecule has 0 saturated carbocycles. The van der Waals surface area contributed by atoms with Crippen LogP contribution in [0.2, 0.25) is 5.02 Å². The Bertz CT molecular complexity index is 402. The SMILES string of the molecule is CN(C)/C=N/c1ccc(C(=O)O)c(Cl)c1. The maximum Gasteiger partial charge on any atom is 0.337 e. The second-order valence-corrected chi connectivity index (χ2v) is 3.58. The van der Waals surface area contributed by atoms with Gasteiger partial charge in [0, 0.05) is 14.1 Å². The molecule has 0 radical (unpaired) electrons. The fraction of sp³-hybridized carbons (Fsp3) is 0.200. The van der Waals surface area contributed by atoms with Crippen molar-refractivity contribution >= 4 is 29.6 Å². The number of aromatic carboxylic acids is 1. The van der Waals surface area contributed by atoms with Gasteiger partial charge in [-0.3, -0.25) is 0 Å². The lowest BCUT2D eigenvalue weighted by molar-refractivity contribution is 0.0697. The van der Waals surface area contributed by atoms with Crippen LogP contribution in [0.3, 0.4) is 0 Å². The molecule has 0 aliphatic heterocycles. The number of benzene rings is 1. The predicted octanol–water partition coefficient (Wildman–Crippen LogP) is 2.26. The van der Waals surface area contributed by atoms with Crippen LogP contribution in [0.5, 0.6) is 0 Å². The molecule has 0 aliphatic carbocycles. The summed E-state index contributed by atoms with van der Waals surface area (Å²) in [5.41, 5.74) is 0.708. The van der Waals surface area contributed by atoms with Crippen molar-refractivity contribution in [1.29, 1.82) is 0 Å². The molecule has 0 saturated heterocycles. The molecule has 0 aliphatic rings. The van der Waals surface area contributed by atoms with Crippen molar-refractivity contribution in [3.05, 3.63) is 28.8 Å². The maximum absolute atomic E-state index is 10.7. The zero-order valence-corrected chi connectivity index (χ0v) is 9.19. The van der Waals surface area contributed by atoms with Gasteiger partial charge < -0.3 is 10.0 Å². The van der Waals surface area contributed by atoms with E-state index in [9.17, 15) is 4.79 Å². The lowest BCUT2D eigenvalue weighted by Crippen LogP contribution is -2.07. The summed E-state index contributed by atoms with van der Waals surface area (Å²) in [6.07, 6.45) is 1.62. The van der Waals surface area contributed by atoms with E-state index in [0.29, 0.717) is 5.69 Å². The van der Waals surface area contributed by atoms with Crippen LogP contribution in [0, 0.1) is 0 Å². The molecule has 1 aromatic carbocycles. The highest BCUT2D eigenvalue weighted by Crippen LogP contribution is 2.22. The summed E-state index contributed by atoms with van der Waals surface area (Å²) in [6, 6.07) is 4.56. The van der Waals surface area contributed by atoms with Gasteiger partial charge in [-0.05, 0) is 18.2 Å². The fourth-order valence-electron chi connectivity index (χ4n) is 0.940. The van der Waals surface area contributed by atoms with Crippen LogP contribution in [-0.4, -0.2) is 36.4 Å². The van der Waals surface area contributed by atoms with Crippen LogP contribution in [-0.2, 0) is 0 Å². The summed E-state index contributed by atoms with van der Waals surface area (Å²) in [4.78, 5) is 16.5. The molecule has 1 rings (SSSR count). The van der Waals surface area contributed by atoms with Crippen molar-refractivity contribution in [1.82, 2.24) is 4.90 Å². The smallest absolute Gasteiger partial charge is 0.337 e. The van der Waals surface area contributed by atoms with Crippen LogP contribution < -0.4 is 0 Å². The molecule has 5 heteroatoms. The largest absolute Gasteiger partial charge is 0.478 e. The second kappa shape index (κ2) is 4.79. The van der Waals surface area contributed by atoms with E-state index in [4.69, 9.17) is 16.7 Å². The number of hydrogen-bond acceptors (Lipinski definition) is 2. The minimum atomic E-state index is -1.04. The number of carboxylic acids is 1. The highest BCUT2D eigenvalue weighted by molar-refractivity contribution is 6.33. The van der Waals surface area contributed by atoms with Gasteiger partial charge in [-0.25, -0.2) is 9.79 Å². The molecule has 0 atom stereocenters. The highest BCUT2D eigenvalue weighted by Gasteiger charge is 2.07. The number of aliphatic imine (C=N–C) groups is 1. The van der Waals surface area contributed by atoms with Gasteiger partial charge in [0.05, 0.1) is 22.6 Å². The normalized spacial score (nSPS) is 10.6. The van der Waals surface area contributed by atoms with Crippen LogP contribution in [0.15, 0.2) is 23.2 Å². The molecular weight excluding hydrogens is 216 g/mol. The Morgan fingerprint density at radius 3 is 2.67 bits per heavy atom. The predicted molar refractivity (Wildman–Crippen MR) is 60.3 cm³/mol. The van der Waals surface area contributed by atoms with E-state index >= 15 is 0 Å². The average Bonchev–Trinajstić information content (AvgIpc) is 2.14. The van der Waals surface area contributed by atoms with Gasteiger partial charge in [0.2, 0.25) is 0 Å². The van der Waals surface area contributed by atoms with E-state index < -0.39 is 5.97 Å². The minimum Gasteiger partial charge on any atom is -0.478 e. The first-order chi connectivity index (χ1) is 7.00. The van der Waals surface area contributed by atoms with Crippen molar-refractivity contribution in [3.63, 3.8) is 0 Å². The first-order valence-corrected chi connectivity index (χ1v) is 4.62. The van der Waals surface area contributed by atoms with Crippen LogP contribution in [0.4, 0.5) is 5.69 Å². The zero-order chi connectivity index (χ0) is 11.4. The van der Waals surface area contributed by atoms with Gasteiger partial charge in [-0.2, -0.15) is 0 Å². The molecule has 15 heavy (non-hydrogen) atoms. The van der Waals surface area contributed by atoms with Gasteiger partial charge in [-0.15, -0.1) is 0 Å². The van der Waals surface area contributed by atoms with E-state index in [1.54, 1.807) is 17.3 Å². The Morgan fingerprint density at radius 1 is 1.53 bits per heavy atom. The number of rotatable bonds is 3. The summed E-state index contributed by atoms with van der Waals surface area (Å²) in [5, 5.41) is 8.93. The van der Waals surface area contributed by atoms with Gasteiger partial charge in [0.1, 0.15) is 0 Å². The zero-order valence-electron chi connectivity index (χ0n) is 8.44. The summed E-state index contributed by atoms with van der Waals surface area (Å²) < 4.78 is 0. The summed E-state index contributed by atoms with van der Waals surface area (Å²) in [5.74, 6) is -1.04. The molecule has 0 aromatic heterocycles. The average molecular weight is 227 g/mol. The standard InChI is InChI=1S/C10H11ClN2O2/c1-13(2)6-12-7-3-4-8(10(14)15)9(11)5-7/h3-6H,1-2H3,(H,14,15)/b12-6+. The van der Waals surface area contributed by atoms with Crippen molar-refractivity contribution in [2.75, 3.05) is 14.1 Å². The van der Waals surface area contributed by atoms with Crippen LogP contribution in [0.1, 0.15) is 10.4 Å². The van der Waals surface area contributed by atoms with Gasteiger partial charge in [-0.1, -0.05) is 11.6 Å². The topological polar surface area (TPSA) is 52.9 Å². The van der Waals surface area contributed by atoms with Crippen molar-refractivity contribution < 1.29 is 9.90 Å². The van der Waals surface area contributed by atoms with Crippen molar-refractivity contribution in [2.24, 2.45) is 4.99 Å². The lowest BCUT2D eigenvalue weighted by atomic mass is 10.2. The molecule has 1 N–H and O–H groups in total. The van der Waals surface area contributed by atoms with E-state index in [-0.39, 0.29) is 10.6 Å². The molecule has 0 spiro atoms. The molecule has 0 bridgehead atoms. The summed E-state index contributed by atoms with van der Waals surface area (Å²) >= 11 is 5.77. The number of nitrogens with zero attached hydrogens (tertiary/aromatic N) is 2. The number of carbonyl (C=O) groups is 1. The Labute approximate surface area is 92.8 Å². The summed E-state index contributed by atoms with van der Waals surface area (Å²) in [7, 11) is 3.69. The monoisotopic (exact) mass is 226 g/mol. The molecule has 0 heterocycles. The first-order valence-electron chi connectivity index (χ1n) is 4.24. The van der Waals surface area contributed by atoms with Gasteiger partial charge in [0.25, 0.3) is 0 Å². The van der Waals surface area contributed by atoms with Gasteiger partial charge >= 0.3 is 5.97 Å². The molecule has 1 aromatic rings. The highest BCUT2D eigenvalue weighted by atomic mass is 35.5. The molecule has 0 fully saturated rings. The molecule has 0 unspecified atom stereocenters. The van der Waals surface area contributed by atoms with Crippen molar-refractivity contribution in [3.8, 4) is 0 Å². The van der Waals surface area contributed by atoms with Crippen LogP contribution >= 0.6 is 11.6 Å². The molecular formula is C10H11ClN2O2. The first kappa shape index (κ1) is 11.5. The molecule has 0 amide bonds. The quantitative estimate of drug-likeness (QED) is 0.635. The number of hydrogen-bond donors (Lipinski definition) is 1. The molecule has 4 nitrogen and oxygen atoms in total. The summed E-state index contributed by atoms with van der Waals surface area (Å²) in [6.45, 7) is 0. The third kappa shape index (κ3) is 3.25. The maximum atomic E-state index is 10.7. The van der Waals surface area contributed by atoms with E-state index in [1.807, 2.05) is 14.1 Å². The van der Waals surface area contributed by atoms with E-state index in [2.05, 4.69) is 4.99 Å². The third-order valence-corrected chi connectivity index (χ3v) is 1.93. The Morgan fingerprint density at radius 2 is 2.20 bits per heavy atom. The number of carboxylic acid groups (broad SMARTS) is 1. The Balaban J connectivity index is 2.97. The fourth-order valence-corrected chi connectivity index (χ4v) is 1.20. The lowest BCUT2D eigenvalue weighted by Gasteiger charge is -2.03. The second-order valence-electron chi connectivity index (χ2n) is 3.18. The molecule has 80 valence electrons. The van der Waals surface area contributed by atoms with Gasteiger partial charge in [0.15, 0.2) is 0 Å². The van der Waals surface area contributed by atoms with Crippen LogP contribution in [0.25, 0.3) is 0 Å². The van der Waals surface area contributed by atoms with E-state index in [1.165, 1.54) is 12.1 Å². The van der Waals surface area contributed by atoms with E-state index in [0.717, 1.165) is 0 Å². The third-order valence-electron chi connectivity index (χ3n) is 1.62.